The summed E-state index contributed by atoms with van der Waals surface area (Å²) in [6.07, 6.45) is -12.5. The number of morpholine rings is 1. The fourth-order valence-electron chi connectivity index (χ4n) is 3.88. The Bertz CT molecular complexity index is 1220. The molecule has 0 radical (unpaired) electrons. The van der Waals surface area contributed by atoms with Crippen molar-refractivity contribution in [2.24, 2.45) is 0 Å². The predicted molar refractivity (Wildman–Crippen MR) is 111 cm³/mol. The van der Waals surface area contributed by atoms with Crippen LogP contribution >= 0.6 is 0 Å². The molecule has 4 rings (SSSR count). The number of anilines is 1. The van der Waals surface area contributed by atoms with Crippen molar-refractivity contribution in [3.63, 3.8) is 0 Å². The van der Waals surface area contributed by atoms with E-state index in [1.807, 2.05) is 0 Å². The Kier molecular flexibility index (Phi) is 6.84. The van der Waals surface area contributed by atoms with Crippen molar-refractivity contribution in [2.45, 2.75) is 37.7 Å². The molecule has 1 aromatic heterocycles. The van der Waals surface area contributed by atoms with Crippen LogP contribution in [0.25, 0.3) is 0 Å². The lowest BCUT2D eigenvalue weighted by Gasteiger charge is -2.41. The van der Waals surface area contributed by atoms with E-state index >= 15 is 0 Å². The van der Waals surface area contributed by atoms with Gasteiger partial charge in [-0.2, -0.15) is 26.3 Å². The number of aromatic amines is 2. The van der Waals surface area contributed by atoms with Gasteiger partial charge in [-0.1, -0.05) is 12.1 Å². The molecule has 0 saturated carbocycles. The van der Waals surface area contributed by atoms with E-state index in [9.17, 15) is 35.5 Å². The second kappa shape index (κ2) is 9.58. The van der Waals surface area contributed by atoms with E-state index in [1.165, 1.54) is 19.1 Å². The van der Waals surface area contributed by atoms with Gasteiger partial charge in [0.25, 0.3) is 0 Å². The van der Waals surface area contributed by atoms with E-state index in [-0.39, 0.29) is 30.7 Å². The zero-order chi connectivity index (χ0) is 26.3. The molecule has 3 aromatic rings. The minimum atomic E-state index is -5.02. The number of hydrogen-bond donors (Lipinski definition) is 2. The molecule has 1 fully saturated rings. The number of hydrogen-bond acceptors (Lipinski definition) is 5. The van der Waals surface area contributed by atoms with E-state index in [4.69, 9.17) is 9.47 Å². The quantitative estimate of drug-likeness (QED) is 0.465. The Labute approximate surface area is 198 Å². The van der Waals surface area contributed by atoms with Crippen molar-refractivity contribution in [2.75, 3.05) is 18.1 Å². The highest BCUT2D eigenvalue weighted by atomic mass is 19.4. The van der Waals surface area contributed by atoms with Crippen LogP contribution in [0.15, 0.2) is 47.3 Å². The number of ether oxygens (including phenoxy) is 2. The molecule has 0 spiro atoms. The smallest absolute Gasteiger partial charge is 0.348 e. The van der Waals surface area contributed by atoms with Crippen molar-refractivity contribution in [3.05, 3.63) is 81.0 Å². The molecule has 0 amide bonds. The number of rotatable bonds is 5. The third-order valence-corrected chi connectivity index (χ3v) is 5.60. The van der Waals surface area contributed by atoms with Crippen molar-refractivity contribution >= 4 is 5.95 Å². The lowest BCUT2D eigenvalue weighted by Crippen LogP contribution is -2.47. The molecule has 2 heterocycles. The Balaban J connectivity index is 1.70. The molecule has 1 aliphatic rings. The fourth-order valence-corrected chi connectivity index (χ4v) is 3.88. The highest BCUT2D eigenvalue weighted by molar-refractivity contribution is 5.38. The Morgan fingerprint density at radius 3 is 2.19 bits per heavy atom. The summed E-state index contributed by atoms with van der Waals surface area (Å²) in [7, 11) is 0. The van der Waals surface area contributed by atoms with Crippen molar-refractivity contribution < 1.29 is 40.2 Å². The first kappa shape index (κ1) is 25.7. The molecule has 1 aliphatic heterocycles. The van der Waals surface area contributed by atoms with Crippen LogP contribution in [0.3, 0.4) is 0 Å². The van der Waals surface area contributed by atoms with Gasteiger partial charge in [0, 0.05) is 6.54 Å². The molecule has 7 nitrogen and oxygen atoms in total. The van der Waals surface area contributed by atoms with Gasteiger partial charge in [-0.25, -0.2) is 14.3 Å². The first-order chi connectivity index (χ1) is 16.8. The second-order valence-electron chi connectivity index (χ2n) is 8.05. The highest BCUT2D eigenvalue weighted by Crippen LogP contribution is 2.40. The zero-order valence-corrected chi connectivity index (χ0v) is 18.5. The molecule has 194 valence electrons. The molecular formula is C22H19F7N4O3. The monoisotopic (exact) mass is 520 g/mol. The minimum absolute atomic E-state index is 0.0281. The van der Waals surface area contributed by atoms with Crippen molar-refractivity contribution in [3.8, 4) is 0 Å². The first-order valence-electron chi connectivity index (χ1n) is 10.6. The van der Waals surface area contributed by atoms with Crippen LogP contribution in [0.4, 0.5) is 36.7 Å². The average Bonchev–Trinajstić information content (AvgIpc) is 3.24. The van der Waals surface area contributed by atoms with Gasteiger partial charge >= 0.3 is 18.0 Å². The zero-order valence-electron chi connectivity index (χ0n) is 18.5. The van der Waals surface area contributed by atoms with Gasteiger partial charge in [-0.3, -0.25) is 4.98 Å². The summed E-state index contributed by atoms with van der Waals surface area (Å²) in [6, 6.07) is 5.48. The summed E-state index contributed by atoms with van der Waals surface area (Å²) in [5.41, 5.74) is -3.48. The standard InChI is InChI=1S/C22H19F7N4O3/c1-11(13-8-14(21(24,25)26)10-15(9-13)22(27,28)29)36-18-17(12-2-4-16(23)5-3-12)33(6-7-35-18)19-30-20(34)32-31-19/h2-5,8-11,17-18H,6-7H2,1H3,(H2,30,31,32,34)/t11-,17?,18?/m1/s1. The maximum Gasteiger partial charge on any atom is 0.416 e. The summed E-state index contributed by atoms with van der Waals surface area (Å²) in [6.45, 7) is 1.51. The summed E-state index contributed by atoms with van der Waals surface area (Å²) in [5, 5.41) is 6.09. The second-order valence-corrected chi connectivity index (χ2v) is 8.05. The Hall–Kier alpha value is -3.39. The minimum Gasteiger partial charge on any atom is -0.348 e. The Morgan fingerprint density at radius 2 is 1.67 bits per heavy atom. The fraction of sp³-hybridized carbons (Fsp3) is 0.364. The topological polar surface area (TPSA) is 83.2 Å². The van der Waals surface area contributed by atoms with Gasteiger partial charge in [0.15, 0.2) is 6.29 Å². The van der Waals surface area contributed by atoms with Crippen LogP contribution in [0.2, 0.25) is 0 Å². The number of nitrogens with zero attached hydrogens (tertiary/aromatic N) is 2. The molecule has 2 N–H and O–H groups in total. The third kappa shape index (κ3) is 5.54. The van der Waals surface area contributed by atoms with Crippen LogP contribution in [0.5, 0.6) is 0 Å². The third-order valence-electron chi connectivity index (χ3n) is 5.60. The summed E-state index contributed by atoms with van der Waals surface area (Å²) < 4.78 is 105. The van der Waals surface area contributed by atoms with Crippen LogP contribution < -0.4 is 10.6 Å². The van der Waals surface area contributed by atoms with Gasteiger partial charge in [0.2, 0.25) is 5.95 Å². The van der Waals surface area contributed by atoms with Crippen LogP contribution in [-0.4, -0.2) is 34.6 Å². The number of alkyl halides is 6. The number of halogens is 7. The molecule has 2 aromatic carbocycles. The molecule has 0 bridgehead atoms. The van der Waals surface area contributed by atoms with Gasteiger partial charge in [-0.15, -0.1) is 5.10 Å². The number of nitrogens with one attached hydrogen (secondary N) is 2. The Morgan fingerprint density at radius 1 is 1.06 bits per heavy atom. The van der Waals surface area contributed by atoms with E-state index in [0.29, 0.717) is 17.7 Å². The average molecular weight is 520 g/mol. The van der Waals surface area contributed by atoms with Crippen LogP contribution in [0, 0.1) is 5.82 Å². The van der Waals surface area contributed by atoms with Gasteiger partial charge in [-0.05, 0) is 48.4 Å². The molecule has 1 saturated heterocycles. The largest absolute Gasteiger partial charge is 0.416 e. The van der Waals surface area contributed by atoms with Crippen molar-refractivity contribution in [1.82, 2.24) is 15.2 Å². The highest BCUT2D eigenvalue weighted by Gasteiger charge is 2.40. The van der Waals surface area contributed by atoms with E-state index in [1.54, 1.807) is 4.90 Å². The van der Waals surface area contributed by atoms with E-state index in [0.717, 1.165) is 12.1 Å². The maximum absolute atomic E-state index is 13.5. The summed E-state index contributed by atoms with van der Waals surface area (Å²) >= 11 is 0. The number of H-pyrrole nitrogens is 2. The van der Waals surface area contributed by atoms with E-state index in [2.05, 4.69) is 15.2 Å². The molecule has 36 heavy (non-hydrogen) atoms. The molecular weight excluding hydrogens is 501 g/mol. The van der Waals surface area contributed by atoms with Crippen LogP contribution in [-0.2, 0) is 21.8 Å². The SMILES string of the molecule is C[C@@H](OC1OCCN(c2n[nH]c(=O)[nH]2)C1c1ccc(F)cc1)c1cc(C(F)(F)F)cc(C(F)(F)F)c1. The molecule has 0 aliphatic carbocycles. The molecule has 14 heteroatoms. The lowest BCUT2D eigenvalue weighted by atomic mass is 10.0. The summed E-state index contributed by atoms with van der Waals surface area (Å²) in [4.78, 5) is 15.6. The first-order valence-corrected chi connectivity index (χ1v) is 10.6. The number of aromatic nitrogens is 3. The van der Waals surface area contributed by atoms with E-state index < -0.39 is 53.4 Å². The predicted octanol–water partition coefficient (Wildman–Crippen LogP) is 4.96. The summed E-state index contributed by atoms with van der Waals surface area (Å²) in [5.74, 6) is -0.443. The lowest BCUT2D eigenvalue weighted by molar-refractivity contribution is -0.192. The molecule has 2 unspecified atom stereocenters. The number of benzene rings is 2. The van der Waals surface area contributed by atoms with Gasteiger partial charge < -0.3 is 14.4 Å². The molecule has 3 atom stereocenters. The van der Waals surface area contributed by atoms with Gasteiger partial charge in [0.05, 0.1) is 23.8 Å². The maximum atomic E-state index is 13.5. The van der Waals surface area contributed by atoms with Gasteiger partial charge in [0.1, 0.15) is 11.9 Å². The normalized spacial score (nSPS) is 19.9. The van der Waals surface area contributed by atoms with Crippen LogP contribution in [0.1, 0.15) is 41.3 Å². The van der Waals surface area contributed by atoms with Crippen molar-refractivity contribution in [1.29, 1.82) is 0 Å².